The van der Waals surface area contributed by atoms with E-state index in [0.29, 0.717) is 5.96 Å². The number of rotatable bonds is 2. The highest BCUT2D eigenvalue weighted by Gasteiger charge is 2.42. The van der Waals surface area contributed by atoms with Crippen LogP contribution in [-0.4, -0.2) is 30.7 Å². The number of anilines is 2. The number of nitrogens with zero attached hydrogens (tertiary/aromatic N) is 4. The fraction of sp³-hybridized carbons (Fsp3) is 0.556. The van der Waals surface area contributed by atoms with Crippen LogP contribution >= 0.6 is 11.6 Å². The van der Waals surface area contributed by atoms with E-state index in [1.165, 1.54) is 19.3 Å². The number of hydrogen-bond acceptors (Lipinski definition) is 6. The highest BCUT2D eigenvalue weighted by atomic mass is 35.5. The third-order valence-electron chi connectivity index (χ3n) is 5.49. The summed E-state index contributed by atoms with van der Waals surface area (Å²) in [7, 11) is 0. The molecular weight excluding hydrogens is 336 g/mol. The van der Waals surface area contributed by atoms with E-state index < -0.39 is 5.66 Å². The maximum Gasteiger partial charge on any atom is 0.220 e. The van der Waals surface area contributed by atoms with Crippen LogP contribution in [0, 0.1) is 0 Å². The first-order valence-corrected chi connectivity index (χ1v) is 9.51. The molecule has 1 spiro atoms. The molecule has 1 aliphatic carbocycles. The van der Waals surface area contributed by atoms with Gasteiger partial charge in [-0.2, -0.15) is 4.99 Å². The van der Waals surface area contributed by atoms with Crippen molar-refractivity contribution in [2.24, 2.45) is 21.5 Å². The molecule has 3 aliphatic rings. The van der Waals surface area contributed by atoms with Crippen LogP contribution in [0.5, 0.6) is 0 Å². The Morgan fingerprint density at radius 3 is 2.40 bits per heavy atom. The summed E-state index contributed by atoms with van der Waals surface area (Å²) < 4.78 is 0. The van der Waals surface area contributed by atoms with E-state index in [1.807, 2.05) is 11.0 Å². The molecule has 0 aromatic heterocycles. The van der Waals surface area contributed by atoms with Crippen molar-refractivity contribution in [3.05, 3.63) is 23.2 Å². The van der Waals surface area contributed by atoms with Crippen molar-refractivity contribution in [1.82, 2.24) is 0 Å². The maximum atomic E-state index is 6.62. The molecule has 2 heterocycles. The normalized spacial score (nSPS) is 22.9. The second kappa shape index (κ2) is 6.41. The van der Waals surface area contributed by atoms with Crippen LogP contribution in [0.25, 0.3) is 0 Å². The smallest absolute Gasteiger partial charge is 0.220 e. The standard InChI is InChI=1S/C18H25ClN6/c19-14-12-13(6-7-15(14)24-10-4-5-11-24)25-17(21)22-16(20)23-18(25)8-2-1-3-9-18/h6-7,12H,1-5,8-11H2,(H4,20,21,22,23). The van der Waals surface area contributed by atoms with Crippen LogP contribution < -0.4 is 21.3 Å². The van der Waals surface area contributed by atoms with Crippen LogP contribution in [0.3, 0.4) is 0 Å². The molecule has 4 N–H and O–H groups in total. The van der Waals surface area contributed by atoms with Crippen LogP contribution in [-0.2, 0) is 0 Å². The topological polar surface area (TPSA) is 83.2 Å². The molecule has 4 rings (SSSR count). The first kappa shape index (κ1) is 16.5. The molecule has 1 aromatic rings. The Morgan fingerprint density at radius 2 is 1.72 bits per heavy atom. The van der Waals surface area contributed by atoms with E-state index in [1.54, 1.807) is 0 Å². The fourth-order valence-electron chi connectivity index (χ4n) is 4.34. The summed E-state index contributed by atoms with van der Waals surface area (Å²) in [6, 6.07) is 6.16. The predicted octanol–water partition coefficient (Wildman–Crippen LogP) is 3.05. The molecule has 0 amide bonds. The molecule has 6 nitrogen and oxygen atoms in total. The molecule has 0 atom stereocenters. The third-order valence-corrected chi connectivity index (χ3v) is 5.79. The van der Waals surface area contributed by atoms with Gasteiger partial charge in [-0.25, -0.2) is 4.99 Å². The van der Waals surface area contributed by atoms with Crippen molar-refractivity contribution in [2.75, 3.05) is 22.9 Å². The largest absolute Gasteiger partial charge is 0.370 e. The van der Waals surface area contributed by atoms with Crippen molar-refractivity contribution in [1.29, 1.82) is 0 Å². The zero-order chi connectivity index (χ0) is 17.4. The minimum atomic E-state index is -0.424. The average molecular weight is 361 g/mol. The molecule has 25 heavy (non-hydrogen) atoms. The van der Waals surface area contributed by atoms with Crippen LogP contribution in [0.1, 0.15) is 44.9 Å². The molecule has 1 aromatic carbocycles. The van der Waals surface area contributed by atoms with Gasteiger partial charge in [0.2, 0.25) is 11.9 Å². The summed E-state index contributed by atoms with van der Waals surface area (Å²) in [6.07, 6.45) is 7.74. The average Bonchev–Trinajstić information content (AvgIpc) is 3.09. The molecule has 7 heteroatoms. The van der Waals surface area contributed by atoms with Gasteiger partial charge in [0.1, 0.15) is 5.66 Å². The van der Waals surface area contributed by atoms with Crippen molar-refractivity contribution < 1.29 is 0 Å². The molecule has 134 valence electrons. The van der Waals surface area contributed by atoms with E-state index in [9.17, 15) is 0 Å². The highest BCUT2D eigenvalue weighted by Crippen LogP contribution is 2.41. The van der Waals surface area contributed by atoms with Gasteiger partial charge >= 0.3 is 0 Å². The summed E-state index contributed by atoms with van der Waals surface area (Å²) >= 11 is 6.62. The second-order valence-corrected chi connectivity index (χ2v) is 7.56. The maximum absolute atomic E-state index is 6.62. The summed E-state index contributed by atoms with van der Waals surface area (Å²) in [6.45, 7) is 2.13. The summed E-state index contributed by atoms with van der Waals surface area (Å²) in [5.74, 6) is 0.676. The summed E-state index contributed by atoms with van der Waals surface area (Å²) in [4.78, 5) is 13.3. The van der Waals surface area contributed by atoms with Crippen molar-refractivity contribution in [2.45, 2.75) is 50.6 Å². The van der Waals surface area contributed by atoms with Crippen molar-refractivity contribution in [3.63, 3.8) is 0 Å². The molecule has 1 saturated carbocycles. The molecule has 0 unspecified atom stereocenters. The lowest BCUT2D eigenvalue weighted by molar-refractivity contribution is 0.305. The minimum Gasteiger partial charge on any atom is -0.370 e. The number of nitrogens with two attached hydrogens (primary N) is 2. The van der Waals surface area contributed by atoms with Crippen LogP contribution in [0.4, 0.5) is 11.4 Å². The van der Waals surface area contributed by atoms with Gasteiger partial charge in [-0.3, -0.25) is 4.90 Å². The number of aliphatic imine (C=N–C) groups is 2. The van der Waals surface area contributed by atoms with Crippen molar-refractivity contribution in [3.8, 4) is 0 Å². The number of guanidine groups is 2. The number of halogens is 1. The Labute approximate surface area is 153 Å². The summed E-state index contributed by atoms with van der Waals surface area (Å²) in [5, 5.41) is 0.751. The zero-order valence-electron chi connectivity index (χ0n) is 14.4. The van der Waals surface area contributed by atoms with Crippen LogP contribution in [0.15, 0.2) is 28.2 Å². The lowest BCUT2D eigenvalue weighted by atomic mass is 9.87. The SMILES string of the molecule is NC1=NC2(CCCCC2)N(c2ccc(N3CCCC3)c(Cl)c2)C(N)=N1. The first-order chi connectivity index (χ1) is 12.1. The molecule has 2 fully saturated rings. The van der Waals surface area contributed by atoms with E-state index in [4.69, 9.17) is 28.1 Å². The Morgan fingerprint density at radius 1 is 1.00 bits per heavy atom. The van der Waals surface area contributed by atoms with E-state index >= 15 is 0 Å². The Balaban J connectivity index is 1.71. The van der Waals surface area contributed by atoms with Gasteiger partial charge in [0, 0.05) is 18.8 Å². The van der Waals surface area contributed by atoms with Gasteiger partial charge in [0.15, 0.2) is 0 Å². The molecule has 1 saturated heterocycles. The quantitative estimate of drug-likeness (QED) is 0.849. The summed E-state index contributed by atoms with van der Waals surface area (Å²) in [5.41, 5.74) is 13.8. The van der Waals surface area contributed by atoms with Gasteiger partial charge in [-0.05, 0) is 56.7 Å². The second-order valence-electron chi connectivity index (χ2n) is 7.15. The molecular formula is C18H25ClN6. The van der Waals surface area contributed by atoms with Gasteiger partial charge < -0.3 is 16.4 Å². The van der Waals surface area contributed by atoms with Gasteiger partial charge in [-0.1, -0.05) is 18.0 Å². The first-order valence-electron chi connectivity index (χ1n) is 9.13. The Hall–Kier alpha value is -1.95. The van der Waals surface area contributed by atoms with E-state index in [-0.39, 0.29) is 5.96 Å². The fourth-order valence-corrected chi connectivity index (χ4v) is 4.64. The van der Waals surface area contributed by atoms with Crippen LogP contribution in [0.2, 0.25) is 5.02 Å². The highest BCUT2D eigenvalue weighted by molar-refractivity contribution is 6.33. The zero-order valence-corrected chi connectivity index (χ0v) is 15.2. The third kappa shape index (κ3) is 2.92. The van der Waals surface area contributed by atoms with Gasteiger partial charge in [0.05, 0.1) is 10.7 Å². The molecule has 0 radical (unpaired) electrons. The van der Waals surface area contributed by atoms with E-state index in [2.05, 4.69) is 22.0 Å². The molecule has 0 bridgehead atoms. The predicted molar refractivity (Wildman–Crippen MR) is 104 cm³/mol. The number of benzene rings is 1. The molecule has 2 aliphatic heterocycles. The Bertz CT molecular complexity index is 716. The Kier molecular flexibility index (Phi) is 4.23. The van der Waals surface area contributed by atoms with E-state index in [0.717, 1.165) is 55.2 Å². The number of hydrogen-bond donors (Lipinski definition) is 2. The monoisotopic (exact) mass is 360 g/mol. The lowest BCUT2D eigenvalue weighted by Gasteiger charge is -2.45. The van der Waals surface area contributed by atoms with Gasteiger partial charge in [0.25, 0.3) is 0 Å². The minimum absolute atomic E-state index is 0.274. The van der Waals surface area contributed by atoms with Gasteiger partial charge in [-0.15, -0.1) is 0 Å². The lowest BCUT2D eigenvalue weighted by Crippen LogP contribution is -2.58. The van der Waals surface area contributed by atoms with Crippen molar-refractivity contribution >= 4 is 34.9 Å².